The van der Waals surface area contributed by atoms with Crippen LogP contribution in [-0.4, -0.2) is 77.3 Å². The molecule has 0 aromatic carbocycles. The van der Waals surface area contributed by atoms with Gasteiger partial charge in [0, 0.05) is 19.7 Å². The summed E-state index contributed by atoms with van der Waals surface area (Å²) in [6, 6.07) is 0.651. The Morgan fingerprint density at radius 2 is 1.67 bits per heavy atom. The smallest absolute Gasteiger partial charge is 0.0701 e. The van der Waals surface area contributed by atoms with E-state index < -0.39 is 0 Å². The molecule has 0 amide bonds. The summed E-state index contributed by atoms with van der Waals surface area (Å²) in [6.07, 6.45) is 2.60. The summed E-state index contributed by atoms with van der Waals surface area (Å²) in [5.74, 6) is 0.830. The zero-order chi connectivity index (χ0) is 15.3. The summed E-state index contributed by atoms with van der Waals surface area (Å²) < 4.78 is 15.9. The topological polar surface area (TPSA) is 43.0 Å². The molecule has 1 aliphatic heterocycles. The first-order valence-electron chi connectivity index (χ1n) is 8.38. The van der Waals surface area contributed by atoms with Gasteiger partial charge in [0.05, 0.1) is 33.0 Å². The van der Waals surface area contributed by atoms with Crippen molar-refractivity contribution in [2.24, 2.45) is 5.92 Å². The van der Waals surface area contributed by atoms with Crippen molar-refractivity contribution in [3.05, 3.63) is 0 Å². The van der Waals surface area contributed by atoms with Crippen molar-refractivity contribution >= 4 is 0 Å². The van der Waals surface area contributed by atoms with Gasteiger partial charge in [-0.2, -0.15) is 0 Å². The second-order valence-corrected chi connectivity index (χ2v) is 5.74. The number of hydrogen-bond acceptors (Lipinski definition) is 5. The number of ether oxygens (including phenoxy) is 3. The largest absolute Gasteiger partial charge is 0.382 e. The maximum Gasteiger partial charge on any atom is 0.0701 e. The molecule has 126 valence electrons. The molecule has 1 atom stereocenters. The van der Waals surface area contributed by atoms with Gasteiger partial charge in [0.25, 0.3) is 0 Å². The van der Waals surface area contributed by atoms with Crippen LogP contribution < -0.4 is 5.32 Å². The van der Waals surface area contributed by atoms with Crippen LogP contribution in [0.5, 0.6) is 0 Å². The van der Waals surface area contributed by atoms with E-state index in [0.29, 0.717) is 32.5 Å². The van der Waals surface area contributed by atoms with Gasteiger partial charge in [0.2, 0.25) is 0 Å². The lowest BCUT2D eigenvalue weighted by atomic mass is 9.90. The summed E-state index contributed by atoms with van der Waals surface area (Å²) >= 11 is 0. The predicted molar refractivity (Wildman–Crippen MR) is 85.8 cm³/mol. The molecule has 21 heavy (non-hydrogen) atoms. The minimum atomic E-state index is 0.650. The molecule has 5 nitrogen and oxygen atoms in total. The monoisotopic (exact) mass is 302 g/mol. The Labute approximate surface area is 130 Å². The molecule has 1 unspecified atom stereocenters. The van der Waals surface area contributed by atoms with Crippen LogP contribution in [0.15, 0.2) is 0 Å². The maximum absolute atomic E-state index is 5.61. The van der Waals surface area contributed by atoms with Crippen LogP contribution in [0.3, 0.4) is 0 Å². The van der Waals surface area contributed by atoms with Crippen LogP contribution in [-0.2, 0) is 14.2 Å². The Hall–Kier alpha value is -0.200. The van der Waals surface area contributed by atoms with E-state index in [1.807, 2.05) is 0 Å². The van der Waals surface area contributed by atoms with Gasteiger partial charge in [-0.25, -0.2) is 0 Å². The Bertz CT molecular complexity index is 234. The molecule has 1 aliphatic rings. The molecule has 0 spiro atoms. The molecule has 0 bridgehead atoms. The molecule has 1 N–H and O–H groups in total. The van der Waals surface area contributed by atoms with Gasteiger partial charge >= 0.3 is 0 Å². The fraction of sp³-hybridized carbons (Fsp3) is 1.00. The second-order valence-electron chi connectivity index (χ2n) is 5.74. The van der Waals surface area contributed by atoms with E-state index >= 15 is 0 Å². The molecule has 0 aliphatic carbocycles. The first-order valence-corrected chi connectivity index (χ1v) is 8.38. The normalized spacial score (nSPS) is 19.0. The zero-order valence-electron chi connectivity index (χ0n) is 14.1. The summed E-state index contributed by atoms with van der Waals surface area (Å²) in [6.45, 7) is 12.5. The van der Waals surface area contributed by atoms with Gasteiger partial charge in [-0.15, -0.1) is 0 Å². The highest BCUT2D eigenvalue weighted by molar-refractivity contribution is 4.79. The molecule has 0 aromatic heterocycles. The van der Waals surface area contributed by atoms with E-state index in [0.717, 1.165) is 25.6 Å². The number of nitrogens with one attached hydrogen (secondary N) is 1. The first kappa shape index (κ1) is 18.8. The maximum atomic E-state index is 5.61. The minimum absolute atomic E-state index is 0.650. The van der Waals surface area contributed by atoms with E-state index in [1.165, 1.54) is 25.9 Å². The first-order chi connectivity index (χ1) is 10.3. The van der Waals surface area contributed by atoms with Crippen molar-refractivity contribution in [3.8, 4) is 0 Å². The van der Waals surface area contributed by atoms with Crippen molar-refractivity contribution < 1.29 is 14.2 Å². The Balaban J connectivity index is 1.93. The molecule has 1 rings (SSSR count). The van der Waals surface area contributed by atoms with E-state index in [9.17, 15) is 0 Å². The molecule has 0 saturated carbocycles. The van der Waals surface area contributed by atoms with Gasteiger partial charge in [0.15, 0.2) is 0 Å². The van der Waals surface area contributed by atoms with Gasteiger partial charge in [-0.3, -0.25) is 0 Å². The Morgan fingerprint density at radius 1 is 1.05 bits per heavy atom. The zero-order valence-corrected chi connectivity index (χ0v) is 14.1. The second kappa shape index (κ2) is 12.4. The van der Waals surface area contributed by atoms with Crippen molar-refractivity contribution in [2.75, 3.05) is 66.3 Å². The van der Waals surface area contributed by atoms with Crippen molar-refractivity contribution in [3.63, 3.8) is 0 Å². The lowest BCUT2D eigenvalue weighted by Crippen LogP contribution is -2.42. The number of methoxy groups -OCH3 is 1. The highest BCUT2D eigenvalue weighted by Crippen LogP contribution is 2.20. The summed E-state index contributed by atoms with van der Waals surface area (Å²) in [5.41, 5.74) is 0. The third kappa shape index (κ3) is 8.73. The summed E-state index contributed by atoms with van der Waals surface area (Å²) in [5, 5.41) is 3.54. The molecular formula is C16H34N2O3. The number of nitrogens with zero attached hydrogens (tertiary/aromatic N) is 1. The van der Waals surface area contributed by atoms with E-state index in [2.05, 4.69) is 24.1 Å². The number of piperidine rings is 1. The van der Waals surface area contributed by atoms with Crippen LogP contribution in [0, 0.1) is 5.92 Å². The minimum Gasteiger partial charge on any atom is -0.382 e. The molecule has 1 heterocycles. The molecule has 0 radical (unpaired) electrons. The SMILES string of the molecule is CCNC(C)C1CCN(CCOCCOCCOC)CC1. The van der Waals surface area contributed by atoms with E-state index in [-0.39, 0.29) is 0 Å². The Morgan fingerprint density at radius 3 is 2.29 bits per heavy atom. The standard InChI is InChI=1S/C16H34N2O3/c1-4-17-15(2)16-5-7-18(8-6-16)9-10-20-13-14-21-12-11-19-3/h15-17H,4-14H2,1-3H3. The van der Waals surface area contributed by atoms with Crippen molar-refractivity contribution in [2.45, 2.75) is 32.7 Å². The molecular weight excluding hydrogens is 268 g/mol. The molecule has 5 heteroatoms. The average Bonchev–Trinajstić information content (AvgIpc) is 2.51. The van der Waals surface area contributed by atoms with E-state index in [4.69, 9.17) is 14.2 Å². The molecule has 0 aromatic rings. The number of hydrogen-bond donors (Lipinski definition) is 1. The average molecular weight is 302 g/mol. The van der Waals surface area contributed by atoms with Crippen molar-refractivity contribution in [1.82, 2.24) is 10.2 Å². The highest BCUT2D eigenvalue weighted by atomic mass is 16.5. The van der Waals surface area contributed by atoms with Crippen molar-refractivity contribution in [1.29, 1.82) is 0 Å². The summed E-state index contributed by atoms with van der Waals surface area (Å²) in [4.78, 5) is 2.51. The highest BCUT2D eigenvalue weighted by Gasteiger charge is 2.22. The van der Waals surface area contributed by atoms with E-state index in [1.54, 1.807) is 7.11 Å². The summed E-state index contributed by atoms with van der Waals surface area (Å²) in [7, 11) is 1.68. The lowest BCUT2D eigenvalue weighted by molar-refractivity contribution is 0.0169. The van der Waals surface area contributed by atoms with Crippen LogP contribution in [0.2, 0.25) is 0 Å². The van der Waals surface area contributed by atoms with Gasteiger partial charge in [-0.05, 0) is 45.3 Å². The fourth-order valence-electron chi connectivity index (χ4n) is 2.82. The number of likely N-dealkylation sites (tertiary alicyclic amines) is 1. The van der Waals surface area contributed by atoms with Gasteiger partial charge < -0.3 is 24.4 Å². The predicted octanol–water partition coefficient (Wildman–Crippen LogP) is 1.38. The van der Waals surface area contributed by atoms with Crippen LogP contribution in [0.25, 0.3) is 0 Å². The third-order valence-corrected chi connectivity index (χ3v) is 4.22. The van der Waals surface area contributed by atoms with Gasteiger partial charge in [0.1, 0.15) is 0 Å². The van der Waals surface area contributed by atoms with Crippen LogP contribution in [0.4, 0.5) is 0 Å². The fourth-order valence-corrected chi connectivity index (χ4v) is 2.82. The quantitative estimate of drug-likeness (QED) is 0.552. The van der Waals surface area contributed by atoms with Gasteiger partial charge in [-0.1, -0.05) is 6.92 Å². The number of rotatable bonds is 12. The lowest BCUT2D eigenvalue weighted by Gasteiger charge is -2.35. The van der Waals surface area contributed by atoms with Crippen LogP contribution >= 0.6 is 0 Å². The molecule has 1 saturated heterocycles. The third-order valence-electron chi connectivity index (χ3n) is 4.22. The molecule has 1 fully saturated rings. The Kier molecular flexibility index (Phi) is 11.1. The van der Waals surface area contributed by atoms with Crippen LogP contribution in [0.1, 0.15) is 26.7 Å².